The molecule has 1 heterocycles. The van der Waals surface area contributed by atoms with Gasteiger partial charge in [-0.05, 0) is 18.2 Å². The lowest BCUT2D eigenvalue weighted by Gasteiger charge is -2.09. The van der Waals surface area contributed by atoms with Gasteiger partial charge < -0.3 is 4.74 Å². The van der Waals surface area contributed by atoms with Crippen LogP contribution in [0.15, 0.2) is 29.9 Å². The van der Waals surface area contributed by atoms with Gasteiger partial charge in [0, 0.05) is 22.1 Å². The second-order valence-corrected chi connectivity index (χ2v) is 5.11. The predicted octanol–water partition coefficient (Wildman–Crippen LogP) is 4.27. The Hall–Kier alpha value is -0.580. The minimum atomic E-state index is 0.548. The highest BCUT2D eigenvalue weighted by atomic mass is 79.9. The molecule has 0 amide bonds. The number of rotatable bonds is 4. The maximum atomic E-state index is 5.91. The zero-order chi connectivity index (χ0) is 11.4. The molecule has 1 aromatic carbocycles. The average Bonchev–Trinajstić information content (AvgIpc) is 2.80. The predicted molar refractivity (Wildman–Crippen MR) is 70.5 cm³/mol. The van der Waals surface area contributed by atoms with Gasteiger partial charge in [0.1, 0.15) is 12.4 Å². The van der Waals surface area contributed by atoms with Crippen molar-refractivity contribution in [1.82, 2.24) is 4.98 Å². The summed E-state index contributed by atoms with van der Waals surface area (Å²) >= 11 is 10.9. The lowest BCUT2D eigenvalue weighted by atomic mass is 10.2. The molecule has 0 N–H and O–H groups in total. The van der Waals surface area contributed by atoms with Gasteiger partial charge in [0.15, 0.2) is 0 Å². The first-order valence-corrected chi connectivity index (χ1v) is 7.02. The Morgan fingerprint density at radius 2 is 2.31 bits per heavy atom. The SMILES string of the molecule is Clc1ccc(OCc2cncs2)c(CBr)c1. The highest BCUT2D eigenvalue weighted by Gasteiger charge is 2.04. The van der Waals surface area contributed by atoms with E-state index in [0.29, 0.717) is 6.61 Å². The molecule has 0 saturated carbocycles. The lowest BCUT2D eigenvalue weighted by Crippen LogP contribution is -1.95. The van der Waals surface area contributed by atoms with Gasteiger partial charge >= 0.3 is 0 Å². The summed E-state index contributed by atoms with van der Waals surface area (Å²) in [5.74, 6) is 0.856. The van der Waals surface area contributed by atoms with Crippen molar-refractivity contribution < 1.29 is 4.74 Å². The fourth-order valence-electron chi connectivity index (χ4n) is 1.26. The van der Waals surface area contributed by atoms with Gasteiger partial charge in [-0.15, -0.1) is 11.3 Å². The Kier molecular flexibility index (Phi) is 4.21. The van der Waals surface area contributed by atoms with Crippen molar-refractivity contribution >= 4 is 38.9 Å². The number of ether oxygens (including phenoxy) is 1. The number of alkyl halides is 1. The molecule has 0 saturated heterocycles. The van der Waals surface area contributed by atoms with Crippen LogP contribution in [0.5, 0.6) is 5.75 Å². The number of benzene rings is 1. The molecule has 2 aromatic rings. The molecule has 2 nitrogen and oxygen atoms in total. The summed E-state index contributed by atoms with van der Waals surface area (Å²) < 4.78 is 5.71. The van der Waals surface area contributed by atoms with Crippen molar-refractivity contribution in [3.8, 4) is 5.75 Å². The third kappa shape index (κ3) is 2.97. The van der Waals surface area contributed by atoms with E-state index in [1.807, 2.05) is 24.4 Å². The minimum Gasteiger partial charge on any atom is -0.488 e. The van der Waals surface area contributed by atoms with E-state index in [-0.39, 0.29) is 0 Å². The standard InChI is InChI=1S/C11H9BrClNOS/c12-4-8-3-9(13)1-2-11(8)15-6-10-5-14-7-16-10/h1-3,5,7H,4,6H2. The summed E-state index contributed by atoms with van der Waals surface area (Å²) in [6, 6.07) is 5.62. The molecule has 0 radical (unpaired) electrons. The number of hydrogen-bond donors (Lipinski definition) is 0. The van der Waals surface area contributed by atoms with Crippen LogP contribution >= 0.6 is 38.9 Å². The Labute approximate surface area is 111 Å². The molecular weight excluding hydrogens is 310 g/mol. The molecule has 0 spiro atoms. The van der Waals surface area contributed by atoms with Crippen LogP contribution in [0.25, 0.3) is 0 Å². The van der Waals surface area contributed by atoms with E-state index in [4.69, 9.17) is 16.3 Å². The number of thiazole rings is 1. The molecule has 5 heteroatoms. The topological polar surface area (TPSA) is 22.1 Å². The summed E-state index contributed by atoms with van der Waals surface area (Å²) in [5.41, 5.74) is 2.85. The van der Waals surface area contributed by atoms with Crippen LogP contribution in [-0.4, -0.2) is 4.98 Å². The molecule has 0 unspecified atom stereocenters. The van der Waals surface area contributed by atoms with E-state index in [9.17, 15) is 0 Å². The zero-order valence-corrected chi connectivity index (χ0v) is 11.5. The second kappa shape index (κ2) is 5.66. The molecule has 0 aliphatic carbocycles. The van der Waals surface area contributed by atoms with Crippen molar-refractivity contribution in [3.05, 3.63) is 45.4 Å². The summed E-state index contributed by atoms with van der Waals surface area (Å²) in [6.45, 7) is 0.548. The number of nitrogens with zero attached hydrogens (tertiary/aromatic N) is 1. The van der Waals surface area contributed by atoms with Crippen LogP contribution in [0.4, 0.5) is 0 Å². The van der Waals surface area contributed by atoms with Crippen LogP contribution in [0.2, 0.25) is 5.02 Å². The minimum absolute atomic E-state index is 0.548. The Morgan fingerprint density at radius 3 is 3.00 bits per heavy atom. The van der Waals surface area contributed by atoms with Crippen LogP contribution in [-0.2, 0) is 11.9 Å². The molecule has 84 valence electrons. The highest BCUT2D eigenvalue weighted by molar-refractivity contribution is 9.08. The first-order valence-electron chi connectivity index (χ1n) is 4.64. The van der Waals surface area contributed by atoms with Gasteiger partial charge in [-0.25, -0.2) is 0 Å². The number of aromatic nitrogens is 1. The molecule has 0 aliphatic rings. The van der Waals surface area contributed by atoms with Crippen molar-refractivity contribution in [2.45, 2.75) is 11.9 Å². The normalized spacial score (nSPS) is 10.4. The molecular formula is C11H9BrClNOS. The molecule has 1 aromatic heterocycles. The summed E-state index contributed by atoms with van der Waals surface area (Å²) in [4.78, 5) is 5.11. The monoisotopic (exact) mass is 317 g/mol. The fraction of sp³-hybridized carbons (Fsp3) is 0.182. The van der Waals surface area contributed by atoms with Gasteiger partial charge in [0.05, 0.1) is 10.4 Å². The van der Waals surface area contributed by atoms with Gasteiger partial charge in [-0.2, -0.15) is 0 Å². The van der Waals surface area contributed by atoms with Crippen LogP contribution < -0.4 is 4.74 Å². The first kappa shape index (κ1) is 11.9. The molecule has 2 rings (SSSR count). The Bertz CT molecular complexity index is 461. The second-order valence-electron chi connectivity index (χ2n) is 3.14. The fourth-order valence-corrected chi connectivity index (χ4v) is 2.39. The molecule has 0 atom stereocenters. The molecule has 0 bridgehead atoms. The van der Waals surface area contributed by atoms with Gasteiger partial charge in [-0.3, -0.25) is 4.98 Å². The third-order valence-corrected chi connectivity index (χ3v) is 3.61. The highest BCUT2D eigenvalue weighted by Crippen LogP contribution is 2.26. The smallest absolute Gasteiger partial charge is 0.124 e. The lowest BCUT2D eigenvalue weighted by molar-refractivity contribution is 0.307. The maximum Gasteiger partial charge on any atom is 0.124 e. The molecule has 0 aliphatic heterocycles. The van der Waals surface area contributed by atoms with Crippen LogP contribution in [0, 0.1) is 0 Å². The van der Waals surface area contributed by atoms with Gasteiger partial charge in [0.25, 0.3) is 0 Å². The average molecular weight is 319 g/mol. The Balaban J connectivity index is 2.09. The van der Waals surface area contributed by atoms with Crippen LogP contribution in [0.1, 0.15) is 10.4 Å². The van der Waals surface area contributed by atoms with Gasteiger partial charge in [0.2, 0.25) is 0 Å². The van der Waals surface area contributed by atoms with E-state index < -0.39 is 0 Å². The van der Waals surface area contributed by atoms with Crippen molar-refractivity contribution in [2.75, 3.05) is 0 Å². The van der Waals surface area contributed by atoms with Crippen molar-refractivity contribution in [2.24, 2.45) is 0 Å². The van der Waals surface area contributed by atoms with Crippen molar-refractivity contribution in [3.63, 3.8) is 0 Å². The van der Waals surface area contributed by atoms with Crippen LogP contribution in [0.3, 0.4) is 0 Å². The summed E-state index contributed by atoms with van der Waals surface area (Å²) in [5, 5.41) is 1.45. The van der Waals surface area contributed by atoms with E-state index in [0.717, 1.165) is 26.5 Å². The largest absolute Gasteiger partial charge is 0.488 e. The van der Waals surface area contributed by atoms with E-state index in [2.05, 4.69) is 20.9 Å². The maximum absolute atomic E-state index is 5.91. The number of halogens is 2. The summed E-state index contributed by atoms with van der Waals surface area (Å²) in [6.07, 6.45) is 1.81. The first-order chi connectivity index (χ1) is 7.79. The summed E-state index contributed by atoms with van der Waals surface area (Å²) in [7, 11) is 0. The molecule has 16 heavy (non-hydrogen) atoms. The van der Waals surface area contributed by atoms with E-state index in [1.165, 1.54) is 0 Å². The van der Waals surface area contributed by atoms with Crippen molar-refractivity contribution in [1.29, 1.82) is 0 Å². The Morgan fingerprint density at radius 1 is 1.44 bits per heavy atom. The van der Waals surface area contributed by atoms with Gasteiger partial charge in [-0.1, -0.05) is 27.5 Å². The zero-order valence-electron chi connectivity index (χ0n) is 8.32. The van der Waals surface area contributed by atoms with E-state index in [1.54, 1.807) is 16.8 Å². The third-order valence-electron chi connectivity index (χ3n) is 2.02. The molecule has 0 fully saturated rings. The number of hydrogen-bond acceptors (Lipinski definition) is 3. The quantitative estimate of drug-likeness (QED) is 0.785. The van der Waals surface area contributed by atoms with E-state index >= 15 is 0 Å².